The van der Waals surface area contributed by atoms with Crippen LogP contribution < -0.4 is 0 Å². The smallest absolute Gasteiger partial charge is 0.258 e. The highest BCUT2D eigenvalue weighted by Crippen LogP contribution is 2.29. The molecule has 2 aromatic carbocycles. The average molecular weight is 333 g/mol. The molecule has 116 valence electrons. The van der Waals surface area contributed by atoms with E-state index >= 15 is 0 Å². The van der Waals surface area contributed by atoms with Gasteiger partial charge in [0.25, 0.3) is 5.69 Å². The Kier molecular flexibility index (Phi) is 4.27. The van der Waals surface area contributed by atoms with Crippen molar-refractivity contribution in [1.82, 2.24) is 0 Å². The van der Waals surface area contributed by atoms with Gasteiger partial charge in [-0.25, -0.2) is 4.99 Å². The number of aliphatic imine (C=N–C) groups is 1. The molecule has 1 aliphatic rings. The fraction of sp³-hybridized carbons (Fsp3) is 0.0556. The van der Waals surface area contributed by atoms with Gasteiger partial charge in [-0.05, 0) is 29.3 Å². The lowest BCUT2D eigenvalue weighted by atomic mass is 9.89. The molecule has 0 aromatic heterocycles. The number of nitriles is 1. The first kappa shape index (κ1) is 15.7. The predicted octanol–water partition coefficient (Wildman–Crippen LogP) is 3.95. The molecule has 2 aromatic rings. The largest absolute Gasteiger partial charge is 0.269 e. The topological polar surface area (TPSA) is 79.3 Å². The molecule has 1 aliphatic heterocycles. The minimum absolute atomic E-state index is 0.0138. The maximum absolute atomic E-state index is 10.8. The van der Waals surface area contributed by atoms with E-state index in [4.69, 9.17) is 12.2 Å². The van der Waals surface area contributed by atoms with Crippen LogP contribution in [-0.4, -0.2) is 15.6 Å². The maximum atomic E-state index is 10.8. The number of nitrogens with zero attached hydrogens (tertiary/aromatic N) is 3. The molecule has 0 saturated heterocycles. The zero-order valence-corrected chi connectivity index (χ0v) is 13.2. The van der Waals surface area contributed by atoms with Crippen LogP contribution in [0.4, 0.5) is 5.69 Å². The second-order valence-electron chi connectivity index (χ2n) is 5.17. The van der Waals surface area contributed by atoms with Crippen LogP contribution in [0.15, 0.2) is 65.7 Å². The molecule has 0 saturated carbocycles. The summed E-state index contributed by atoms with van der Waals surface area (Å²) < 4.78 is 0. The van der Waals surface area contributed by atoms with E-state index in [2.05, 4.69) is 11.1 Å². The van der Waals surface area contributed by atoms with Gasteiger partial charge in [0.05, 0.1) is 16.7 Å². The molecule has 0 N–H and O–H groups in total. The highest BCUT2D eigenvalue weighted by atomic mass is 32.1. The van der Waals surface area contributed by atoms with Gasteiger partial charge in [0.1, 0.15) is 10.9 Å². The Morgan fingerprint density at radius 1 is 1.08 bits per heavy atom. The summed E-state index contributed by atoms with van der Waals surface area (Å²) in [5, 5.41) is 20.2. The summed E-state index contributed by atoms with van der Waals surface area (Å²) in [4.78, 5) is 14.9. The number of allylic oxidation sites excluding steroid dienone is 1. The number of thiocarbonyl (C=S) groups is 1. The van der Waals surface area contributed by atoms with E-state index in [0.717, 1.165) is 11.1 Å². The Hall–Kier alpha value is -3.17. The van der Waals surface area contributed by atoms with E-state index in [1.165, 1.54) is 12.1 Å². The van der Waals surface area contributed by atoms with Crippen molar-refractivity contribution in [1.29, 1.82) is 5.26 Å². The number of nitro benzene ring substituents is 1. The summed E-state index contributed by atoms with van der Waals surface area (Å²) >= 11 is 5.29. The van der Waals surface area contributed by atoms with Gasteiger partial charge < -0.3 is 0 Å². The van der Waals surface area contributed by atoms with E-state index in [0.29, 0.717) is 16.3 Å². The van der Waals surface area contributed by atoms with E-state index in [-0.39, 0.29) is 5.69 Å². The summed E-state index contributed by atoms with van der Waals surface area (Å²) in [6.07, 6.45) is 1.82. The van der Waals surface area contributed by atoms with Crippen molar-refractivity contribution >= 4 is 34.2 Å². The zero-order valence-electron chi connectivity index (χ0n) is 12.4. The van der Waals surface area contributed by atoms with Gasteiger partial charge in [-0.1, -0.05) is 42.5 Å². The van der Waals surface area contributed by atoms with Crippen molar-refractivity contribution < 1.29 is 4.92 Å². The summed E-state index contributed by atoms with van der Waals surface area (Å²) in [5.41, 5.74) is 3.01. The number of non-ortho nitro benzene ring substituents is 1. The van der Waals surface area contributed by atoms with Crippen LogP contribution in [0.3, 0.4) is 0 Å². The van der Waals surface area contributed by atoms with Crippen LogP contribution in [0, 0.1) is 27.4 Å². The van der Waals surface area contributed by atoms with Gasteiger partial charge in [-0.15, -0.1) is 0 Å². The molecule has 24 heavy (non-hydrogen) atoms. The highest BCUT2D eigenvalue weighted by molar-refractivity contribution is 7.80. The molecule has 0 radical (unpaired) electrons. The second kappa shape index (κ2) is 6.52. The van der Waals surface area contributed by atoms with Crippen molar-refractivity contribution in [3.8, 4) is 6.07 Å². The van der Waals surface area contributed by atoms with Crippen LogP contribution in [0.5, 0.6) is 0 Å². The number of nitro groups is 1. The van der Waals surface area contributed by atoms with Crippen molar-refractivity contribution in [2.75, 3.05) is 0 Å². The van der Waals surface area contributed by atoms with Gasteiger partial charge in [0, 0.05) is 17.7 Å². The fourth-order valence-electron chi connectivity index (χ4n) is 2.49. The van der Waals surface area contributed by atoms with Crippen molar-refractivity contribution in [2.45, 2.75) is 0 Å². The van der Waals surface area contributed by atoms with E-state index < -0.39 is 10.8 Å². The molecular weight excluding hydrogens is 322 g/mol. The Labute approximate surface area is 143 Å². The molecule has 0 bridgehead atoms. The van der Waals surface area contributed by atoms with Crippen LogP contribution in [0.1, 0.15) is 11.1 Å². The Morgan fingerprint density at radius 2 is 1.75 bits per heavy atom. The molecule has 0 unspecified atom stereocenters. The van der Waals surface area contributed by atoms with Gasteiger partial charge in [0.2, 0.25) is 0 Å². The quantitative estimate of drug-likeness (QED) is 0.484. The van der Waals surface area contributed by atoms with Gasteiger partial charge in [0.15, 0.2) is 0 Å². The van der Waals surface area contributed by atoms with Crippen molar-refractivity contribution in [3.63, 3.8) is 0 Å². The van der Waals surface area contributed by atoms with E-state index in [9.17, 15) is 15.4 Å². The second-order valence-corrected chi connectivity index (χ2v) is 5.59. The molecule has 1 atom stereocenters. The molecule has 0 aliphatic carbocycles. The van der Waals surface area contributed by atoms with Crippen LogP contribution in [-0.2, 0) is 0 Å². The van der Waals surface area contributed by atoms with Crippen molar-refractivity contribution in [3.05, 3.63) is 81.9 Å². The van der Waals surface area contributed by atoms with Crippen LogP contribution >= 0.6 is 12.2 Å². The average Bonchev–Trinajstić information content (AvgIpc) is 2.62. The third kappa shape index (κ3) is 2.98. The first-order valence-electron chi connectivity index (χ1n) is 7.14. The fourth-order valence-corrected chi connectivity index (χ4v) is 2.76. The number of benzene rings is 2. The molecule has 0 spiro atoms. The zero-order chi connectivity index (χ0) is 17.1. The monoisotopic (exact) mass is 333 g/mol. The first-order valence-corrected chi connectivity index (χ1v) is 7.55. The standard InChI is InChI=1S/C18H11N3O2S/c19-11-16-15(12-4-2-1-3-5-12)10-17(20-18(16)24)13-6-8-14(9-7-13)21(22)23/h1-10,16H/t16-/m0/s1. The normalized spacial score (nSPS) is 16.8. The SMILES string of the molecule is N#C[C@@H]1C(=S)N=C(c2ccc([N+](=O)[O-])cc2)C=C1c1ccccc1. The van der Waals surface area contributed by atoms with Crippen LogP contribution in [0.25, 0.3) is 5.57 Å². The third-order valence-electron chi connectivity index (χ3n) is 3.69. The highest BCUT2D eigenvalue weighted by Gasteiger charge is 2.25. The molecule has 0 fully saturated rings. The Balaban J connectivity index is 2.05. The third-order valence-corrected chi connectivity index (χ3v) is 4.02. The summed E-state index contributed by atoms with van der Waals surface area (Å²) in [6.45, 7) is 0. The van der Waals surface area contributed by atoms with Crippen LogP contribution in [0.2, 0.25) is 0 Å². The Bertz CT molecular complexity index is 910. The lowest BCUT2D eigenvalue weighted by Gasteiger charge is -2.19. The Morgan fingerprint density at radius 3 is 2.33 bits per heavy atom. The lowest BCUT2D eigenvalue weighted by molar-refractivity contribution is -0.384. The maximum Gasteiger partial charge on any atom is 0.269 e. The van der Waals surface area contributed by atoms with Gasteiger partial charge in [-0.2, -0.15) is 5.26 Å². The first-order chi connectivity index (χ1) is 11.6. The molecule has 5 nitrogen and oxygen atoms in total. The van der Waals surface area contributed by atoms with Crippen molar-refractivity contribution in [2.24, 2.45) is 10.9 Å². The van der Waals surface area contributed by atoms with E-state index in [1.54, 1.807) is 12.1 Å². The summed E-state index contributed by atoms with van der Waals surface area (Å²) in [5.74, 6) is -0.579. The number of dihydropyridines is 1. The lowest BCUT2D eigenvalue weighted by Crippen LogP contribution is -2.19. The minimum atomic E-state index is -0.579. The molecule has 0 amide bonds. The van der Waals surface area contributed by atoms with E-state index in [1.807, 2.05) is 36.4 Å². The number of hydrogen-bond donors (Lipinski definition) is 0. The molecular formula is C18H11N3O2S. The number of hydrogen-bond acceptors (Lipinski definition) is 4. The molecule has 1 heterocycles. The predicted molar refractivity (Wildman–Crippen MR) is 95.8 cm³/mol. The summed E-state index contributed by atoms with van der Waals surface area (Å²) in [6, 6.07) is 17.8. The number of rotatable bonds is 3. The summed E-state index contributed by atoms with van der Waals surface area (Å²) in [7, 11) is 0. The molecule has 3 rings (SSSR count). The van der Waals surface area contributed by atoms with Gasteiger partial charge >= 0.3 is 0 Å². The molecule has 6 heteroatoms. The van der Waals surface area contributed by atoms with Gasteiger partial charge in [-0.3, -0.25) is 10.1 Å². The minimum Gasteiger partial charge on any atom is -0.258 e.